The maximum Gasteiger partial charge on any atom is 0.255 e. The molecule has 5 rings (SSSR count). The van der Waals surface area contributed by atoms with Crippen LogP contribution in [-0.2, 0) is 15.1 Å². The van der Waals surface area contributed by atoms with Crippen LogP contribution in [0.4, 0.5) is 5.82 Å². The summed E-state index contributed by atoms with van der Waals surface area (Å²) in [6, 6.07) is 12.8. The second-order valence-electron chi connectivity index (χ2n) is 10.1. The van der Waals surface area contributed by atoms with E-state index >= 15 is 0 Å². The van der Waals surface area contributed by atoms with Crippen LogP contribution in [0.1, 0.15) is 41.9 Å². The number of methoxy groups -OCH3 is 1. The highest BCUT2D eigenvalue weighted by Crippen LogP contribution is 2.38. The first kappa shape index (κ1) is 27.9. The van der Waals surface area contributed by atoms with Crippen LogP contribution in [0, 0.1) is 0 Å². The van der Waals surface area contributed by atoms with Crippen molar-refractivity contribution in [2.75, 3.05) is 39.1 Å². The Morgan fingerprint density at radius 3 is 2.59 bits per heavy atom. The van der Waals surface area contributed by atoms with Crippen LogP contribution in [0.2, 0.25) is 0 Å². The van der Waals surface area contributed by atoms with E-state index in [2.05, 4.69) is 15.3 Å². The molecule has 1 fully saturated rings. The minimum atomic E-state index is -0.773. The maximum absolute atomic E-state index is 12.8. The summed E-state index contributed by atoms with van der Waals surface area (Å²) in [6.07, 6.45) is 6.93. The number of hydrogen-bond donors (Lipinski definition) is 2. The highest BCUT2D eigenvalue weighted by atomic mass is 16.5. The van der Waals surface area contributed by atoms with Gasteiger partial charge in [0.05, 0.1) is 37.1 Å². The zero-order valence-electron chi connectivity index (χ0n) is 23.3. The molecule has 0 saturated carbocycles. The van der Waals surface area contributed by atoms with Crippen LogP contribution < -0.4 is 15.8 Å². The summed E-state index contributed by atoms with van der Waals surface area (Å²) < 4.78 is 17.3. The quantitative estimate of drug-likeness (QED) is 0.306. The molecule has 0 spiro atoms. The van der Waals surface area contributed by atoms with Crippen LogP contribution in [0.5, 0.6) is 5.75 Å². The van der Waals surface area contributed by atoms with Crippen molar-refractivity contribution < 1.29 is 23.5 Å². The lowest BCUT2D eigenvalue weighted by atomic mass is 9.95. The molecule has 10 heteroatoms. The fourth-order valence-corrected chi connectivity index (χ4v) is 4.66. The van der Waals surface area contributed by atoms with Gasteiger partial charge in [0.2, 0.25) is 5.91 Å². The minimum Gasteiger partial charge on any atom is -0.493 e. The van der Waals surface area contributed by atoms with Crippen molar-refractivity contribution in [1.29, 1.82) is 0 Å². The summed E-state index contributed by atoms with van der Waals surface area (Å²) in [5.41, 5.74) is 8.24. The van der Waals surface area contributed by atoms with Crippen molar-refractivity contribution in [2.45, 2.75) is 25.8 Å². The molecule has 41 heavy (non-hydrogen) atoms. The van der Waals surface area contributed by atoms with Gasteiger partial charge in [-0.1, -0.05) is 6.92 Å². The predicted molar refractivity (Wildman–Crippen MR) is 156 cm³/mol. The first-order chi connectivity index (χ1) is 19.8. The molecule has 0 aliphatic carbocycles. The van der Waals surface area contributed by atoms with E-state index in [1.807, 2.05) is 38.1 Å². The van der Waals surface area contributed by atoms with Gasteiger partial charge >= 0.3 is 0 Å². The van der Waals surface area contributed by atoms with E-state index in [0.29, 0.717) is 66.9 Å². The van der Waals surface area contributed by atoms with Crippen LogP contribution in [-0.4, -0.2) is 60.1 Å². The molecular weight excluding hydrogens is 522 g/mol. The zero-order valence-corrected chi connectivity index (χ0v) is 23.3. The highest BCUT2D eigenvalue weighted by molar-refractivity contribution is 5.95. The van der Waals surface area contributed by atoms with Crippen LogP contribution >= 0.6 is 0 Å². The van der Waals surface area contributed by atoms with E-state index in [1.165, 1.54) is 6.08 Å². The number of nitrogens with zero attached hydrogens (tertiary/aromatic N) is 3. The third-order valence-corrected chi connectivity index (χ3v) is 7.29. The van der Waals surface area contributed by atoms with Gasteiger partial charge in [0.15, 0.2) is 11.3 Å². The number of aromatic nitrogens is 2. The number of nitrogens with one attached hydrogen (secondary N) is 1. The summed E-state index contributed by atoms with van der Waals surface area (Å²) in [5, 5.41) is 3.88. The molecule has 1 unspecified atom stereocenters. The average molecular weight is 556 g/mol. The topological polar surface area (TPSA) is 133 Å². The molecule has 1 saturated heterocycles. The first-order valence-electron chi connectivity index (χ1n) is 13.5. The number of benzene rings is 1. The Morgan fingerprint density at radius 1 is 1.12 bits per heavy atom. The van der Waals surface area contributed by atoms with Crippen molar-refractivity contribution in [3.63, 3.8) is 0 Å². The second-order valence-corrected chi connectivity index (χ2v) is 10.1. The summed E-state index contributed by atoms with van der Waals surface area (Å²) in [5.74, 6) is 1.23. The molecule has 4 heterocycles. The average Bonchev–Trinajstić information content (AvgIpc) is 3.46. The lowest BCUT2D eigenvalue weighted by Gasteiger charge is -2.26. The van der Waals surface area contributed by atoms with Gasteiger partial charge in [-0.3, -0.25) is 14.6 Å². The number of nitrogens with two attached hydrogens (primary N) is 1. The molecule has 1 aliphatic heterocycles. The Balaban J connectivity index is 1.38. The monoisotopic (exact) mass is 555 g/mol. The number of morpholine rings is 1. The number of furan rings is 1. The lowest BCUT2D eigenvalue weighted by molar-refractivity contribution is -0.118. The molecule has 0 bridgehead atoms. The summed E-state index contributed by atoms with van der Waals surface area (Å²) >= 11 is 0. The van der Waals surface area contributed by atoms with Gasteiger partial charge in [0.1, 0.15) is 11.6 Å². The summed E-state index contributed by atoms with van der Waals surface area (Å²) in [7, 11) is 1.58. The standard InChI is InChI=1S/C31H33N5O5/c1-4-31(2,35-28(37)10-6-20-5-9-27(32)34-18-20)26-17-23-15-22(16-25(39-3)29(23)41-26)24-8-7-21(19-33-24)30(38)36-11-13-40-14-12-36/h5-10,15-19H,4,11-14H2,1-3H3,(H2,32,34)(H,35,37). The number of anilines is 1. The molecule has 4 aromatic rings. The minimum absolute atomic E-state index is 0.0549. The number of fused-ring (bicyclic) bond motifs is 1. The van der Waals surface area contributed by atoms with Gasteiger partial charge in [0, 0.05) is 42.5 Å². The highest BCUT2D eigenvalue weighted by Gasteiger charge is 2.31. The second kappa shape index (κ2) is 11.8. The smallest absolute Gasteiger partial charge is 0.255 e. The van der Waals surface area contributed by atoms with Crippen molar-refractivity contribution >= 4 is 34.7 Å². The van der Waals surface area contributed by atoms with E-state index < -0.39 is 5.54 Å². The Labute approximate surface area is 238 Å². The van der Waals surface area contributed by atoms with Crippen molar-refractivity contribution in [3.05, 3.63) is 77.8 Å². The van der Waals surface area contributed by atoms with E-state index in [1.54, 1.807) is 48.7 Å². The molecule has 1 atom stereocenters. The number of rotatable bonds is 8. The summed E-state index contributed by atoms with van der Waals surface area (Å²) in [6.45, 7) is 6.13. The fourth-order valence-electron chi connectivity index (χ4n) is 4.66. The molecule has 10 nitrogen and oxygen atoms in total. The Morgan fingerprint density at radius 2 is 1.93 bits per heavy atom. The molecule has 0 radical (unpaired) electrons. The number of carbonyl (C=O) groups is 2. The Hall–Kier alpha value is -4.70. The first-order valence-corrected chi connectivity index (χ1v) is 13.5. The molecular formula is C31H33N5O5. The van der Waals surface area contributed by atoms with Crippen LogP contribution in [0.3, 0.4) is 0 Å². The molecule has 3 N–H and O–H groups in total. The number of hydrogen-bond acceptors (Lipinski definition) is 8. The van der Waals surface area contributed by atoms with Crippen molar-refractivity contribution in [3.8, 4) is 17.0 Å². The van der Waals surface area contributed by atoms with Gasteiger partial charge < -0.3 is 29.8 Å². The maximum atomic E-state index is 12.8. The van der Waals surface area contributed by atoms with E-state index in [4.69, 9.17) is 19.6 Å². The van der Waals surface area contributed by atoms with Gasteiger partial charge in [-0.05, 0) is 67.4 Å². The van der Waals surface area contributed by atoms with E-state index in [0.717, 1.165) is 16.5 Å². The largest absolute Gasteiger partial charge is 0.493 e. The SMILES string of the molecule is CCC(C)(NC(=O)C=Cc1ccc(N)nc1)c1cc2cc(-c3ccc(C(=O)N4CCOCC4)cn3)cc(OC)c2o1. The third kappa shape index (κ3) is 6.07. The van der Waals surface area contributed by atoms with Gasteiger partial charge in [-0.15, -0.1) is 0 Å². The number of pyridine rings is 2. The molecule has 2 amide bonds. The van der Waals surface area contributed by atoms with E-state index in [-0.39, 0.29) is 11.8 Å². The number of carbonyl (C=O) groups excluding carboxylic acids is 2. The number of ether oxygens (including phenoxy) is 2. The van der Waals surface area contributed by atoms with Crippen molar-refractivity contribution in [1.82, 2.24) is 20.2 Å². The van der Waals surface area contributed by atoms with Crippen LogP contribution in [0.25, 0.3) is 28.3 Å². The van der Waals surface area contributed by atoms with E-state index in [9.17, 15) is 9.59 Å². The number of nitrogen functional groups attached to an aromatic ring is 1. The molecule has 1 aromatic carbocycles. The Kier molecular flexibility index (Phi) is 8.02. The molecule has 1 aliphatic rings. The normalized spacial score (nSPS) is 15.1. The van der Waals surface area contributed by atoms with Gasteiger partial charge in [0.25, 0.3) is 5.91 Å². The van der Waals surface area contributed by atoms with Gasteiger partial charge in [-0.25, -0.2) is 4.98 Å². The zero-order chi connectivity index (χ0) is 29.0. The van der Waals surface area contributed by atoms with Gasteiger partial charge in [-0.2, -0.15) is 0 Å². The fraction of sp³-hybridized carbons (Fsp3) is 0.290. The summed E-state index contributed by atoms with van der Waals surface area (Å²) in [4.78, 5) is 36.0. The van der Waals surface area contributed by atoms with Crippen LogP contribution in [0.15, 0.2) is 65.4 Å². The third-order valence-electron chi connectivity index (χ3n) is 7.29. The Bertz CT molecular complexity index is 1570. The lowest BCUT2D eigenvalue weighted by Crippen LogP contribution is -2.42. The van der Waals surface area contributed by atoms with Crippen molar-refractivity contribution in [2.24, 2.45) is 0 Å². The molecule has 3 aromatic heterocycles. The number of amides is 2. The predicted octanol–water partition coefficient (Wildman–Crippen LogP) is 4.41. The molecule has 212 valence electrons.